The van der Waals surface area contributed by atoms with E-state index in [1.165, 1.54) is 26.2 Å². The largest absolute Gasteiger partial charge is 0.467 e. The van der Waals surface area contributed by atoms with Gasteiger partial charge < -0.3 is 28.6 Å². The van der Waals surface area contributed by atoms with Crippen LogP contribution in [0.3, 0.4) is 0 Å². The highest BCUT2D eigenvalue weighted by Gasteiger charge is 2.48. The highest BCUT2D eigenvalue weighted by molar-refractivity contribution is 5.92. The first-order valence-corrected chi connectivity index (χ1v) is 11.9. The van der Waals surface area contributed by atoms with Gasteiger partial charge >= 0.3 is 17.9 Å². The standard InChI is InChI=1S/C27H32N2O9/c1-28-15-20(38-26(32)19-13-9-6-10-14-19)23(27(33)35-4)29(2)24(30)22(28)21(37-17-34-3)16-36-25(31)18-11-7-5-8-12-18/h5-14,20-23H,15-17H2,1-4H3/t20-,21+,22-,23+/m0/s1. The molecule has 0 bridgehead atoms. The van der Waals surface area contributed by atoms with E-state index >= 15 is 0 Å². The number of hydrogen-bond donors (Lipinski definition) is 0. The van der Waals surface area contributed by atoms with E-state index in [-0.39, 0.29) is 19.9 Å². The van der Waals surface area contributed by atoms with Gasteiger partial charge in [-0.15, -0.1) is 0 Å². The van der Waals surface area contributed by atoms with Gasteiger partial charge in [-0.25, -0.2) is 14.4 Å². The molecule has 0 aromatic heterocycles. The van der Waals surface area contributed by atoms with Gasteiger partial charge in [-0.3, -0.25) is 9.69 Å². The van der Waals surface area contributed by atoms with E-state index in [9.17, 15) is 19.2 Å². The molecule has 1 heterocycles. The van der Waals surface area contributed by atoms with Gasteiger partial charge in [0.1, 0.15) is 31.6 Å². The number of benzene rings is 2. The number of likely N-dealkylation sites (N-methyl/N-ethyl adjacent to an activating group) is 2. The summed E-state index contributed by atoms with van der Waals surface area (Å²) in [6.45, 7) is -0.469. The third-order valence-electron chi connectivity index (χ3n) is 6.16. The van der Waals surface area contributed by atoms with Crippen LogP contribution >= 0.6 is 0 Å². The number of nitrogens with zero attached hydrogens (tertiary/aromatic N) is 2. The summed E-state index contributed by atoms with van der Waals surface area (Å²) < 4.78 is 26.9. The zero-order valence-electron chi connectivity index (χ0n) is 21.8. The predicted molar refractivity (Wildman–Crippen MR) is 134 cm³/mol. The molecule has 0 N–H and O–H groups in total. The van der Waals surface area contributed by atoms with Gasteiger partial charge in [0.25, 0.3) is 0 Å². The van der Waals surface area contributed by atoms with Crippen molar-refractivity contribution in [3.8, 4) is 0 Å². The van der Waals surface area contributed by atoms with Crippen molar-refractivity contribution >= 4 is 23.8 Å². The highest BCUT2D eigenvalue weighted by Crippen LogP contribution is 2.23. The Balaban J connectivity index is 1.87. The molecular formula is C27H32N2O9. The smallest absolute Gasteiger partial charge is 0.338 e. The summed E-state index contributed by atoms with van der Waals surface area (Å²) in [6, 6.07) is 14.5. The zero-order chi connectivity index (χ0) is 27.7. The van der Waals surface area contributed by atoms with E-state index in [1.807, 2.05) is 0 Å². The van der Waals surface area contributed by atoms with Crippen molar-refractivity contribution in [1.29, 1.82) is 0 Å². The quantitative estimate of drug-likeness (QED) is 0.254. The van der Waals surface area contributed by atoms with Crippen LogP contribution < -0.4 is 0 Å². The molecule has 2 aromatic carbocycles. The Morgan fingerprint density at radius 1 is 0.921 bits per heavy atom. The predicted octanol–water partition coefficient (Wildman–Crippen LogP) is 1.37. The zero-order valence-corrected chi connectivity index (χ0v) is 21.8. The van der Waals surface area contributed by atoms with Gasteiger partial charge in [-0.05, 0) is 31.3 Å². The molecule has 1 amide bonds. The normalized spacial score (nSPS) is 20.8. The van der Waals surface area contributed by atoms with Crippen molar-refractivity contribution in [3.63, 3.8) is 0 Å². The Morgan fingerprint density at radius 2 is 1.50 bits per heavy atom. The summed E-state index contributed by atoms with van der Waals surface area (Å²) in [4.78, 5) is 54.6. The summed E-state index contributed by atoms with van der Waals surface area (Å²) in [7, 11) is 5.66. The van der Waals surface area contributed by atoms with Gasteiger partial charge in [0.05, 0.1) is 18.2 Å². The monoisotopic (exact) mass is 528 g/mol. The van der Waals surface area contributed by atoms with Crippen LogP contribution in [0.15, 0.2) is 60.7 Å². The molecule has 0 unspecified atom stereocenters. The number of hydrogen-bond acceptors (Lipinski definition) is 10. The van der Waals surface area contributed by atoms with E-state index in [2.05, 4.69) is 0 Å². The van der Waals surface area contributed by atoms with Crippen LogP contribution in [0.1, 0.15) is 20.7 Å². The molecule has 0 aliphatic carbocycles. The molecule has 3 rings (SSSR count). The summed E-state index contributed by atoms with van der Waals surface area (Å²) in [5.41, 5.74) is 0.636. The third kappa shape index (κ3) is 6.94. The van der Waals surface area contributed by atoms with Crippen LogP contribution in [0.5, 0.6) is 0 Å². The number of methoxy groups -OCH3 is 2. The fourth-order valence-corrected chi connectivity index (χ4v) is 4.24. The molecule has 0 radical (unpaired) electrons. The Kier molecular flexibility index (Phi) is 10.3. The second-order valence-electron chi connectivity index (χ2n) is 8.69. The SMILES string of the molecule is COCO[C@H](COC(=O)c1ccccc1)[C@H]1C(=O)N(C)[C@@H](C(=O)OC)[C@@H](OC(=O)c2ccccc2)CN1C. The molecular weight excluding hydrogens is 496 g/mol. The van der Waals surface area contributed by atoms with Crippen molar-refractivity contribution in [3.05, 3.63) is 71.8 Å². The summed E-state index contributed by atoms with van der Waals surface area (Å²) in [6.07, 6.45) is -2.03. The lowest BCUT2D eigenvalue weighted by molar-refractivity contribution is -0.159. The number of carbonyl (C=O) groups excluding carboxylic acids is 4. The maximum Gasteiger partial charge on any atom is 0.338 e. The molecule has 11 nitrogen and oxygen atoms in total. The lowest BCUT2D eigenvalue weighted by Crippen LogP contribution is -2.55. The molecule has 11 heteroatoms. The van der Waals surface area contributed by atoms with E-state index in [0.29, 0.717) is 11.1 Å². The van der Waals surface area contributed by atoms with Crippen molar-refractivity contribution in [1.82, 2.24) is 9.80 Å². The van der Waals surface area contributed by atoms with Gasteiger partial charge in [0.2, 0.25) is 5.91 Å². The minimum absolute atomic E-state index is 0.0153. The molecule has 0 spiro atoms. The molecule has 204 valence electrons. The maximum absolute atomic E-state index is 13.7. The Morgan fingerprint density at radius 3 is 2.05 bits per heavy atom. The number of esters is 3. The lowest BCUT2D eigenvalue weighted by atomic mass is 10.1. The van der Waals surface area contributed by atoms with E-state index in [1.54, 1.807) is 72.6 Å². The van der Waals surface area contributed by atoms with Crippen LogP contribution in [0, 0.1) is 0 Å². The lowest BCUT2D eigenvalue weighted by Gasteiger charge is -2.32. The fourth-order valence-electron chi connectivity index (χ4n) is 4.24. The molecule has 0 saturated carbocycles. The summed E-state index contributed by atoms with van der Waals surface area (Å²) >= 11 is 0. The Bertz CT molecular complexity index is 1100. The van der Waals surface area contributed by atoms with Crippen LogP contribution in [-0.2, 0) is 33.3 Å². The van der Waals surface area contributed by atoms with Crippen molar-refractivity contribution in [2.45, 2.75) is 24.3 Å². The van der Waals surface area contributed by atoms with Crippen LogP contribution in [0.2, 0.25) is 0 Å². The average Bonchev–Trinajstić information content (AvgIpc) is 3.02. The summed E-state index contributed by atoms with van der Waals surface area (Å²) in [5, 5.41) is 0. The van der Waals surface area contributed by atoms with Crippen LogP contribution in [0.25, 0.3) is 0 Å². The molecule has 2 aromatic rings. The van der Waals surface area contributed by atoms with Gasteiger partial charge in [0.15, 0.2) is 6.04 Å². The number of rotatable bonds is 10. The molecule has 1 aliphatic rings. The second-order valence-corrected chi connectivity index (χ2v) is 8.69. The summed E-state index contributed by atoms with van der Waals surface area (Å²) in [5.74, 6) is -2.50. The minimum Gasteiger partial charge on any atom is -0.467 e. The first-order chi connectivity index (χ1) is 18.3. The highest BCUT2D eigenvalue weighted by atomic mass is 16.7. The number of carbonyl (C=O) groups is 4. The van der Waals surface area contributed by atoms with Gasteiger partial charge in [-0.2, -0.15) is 0 Å². The van der Waals surface area contributed by atoms with Crippen LogP contribution in [-0.4, -0.2) is 106 Å². The third-order valence-corrected chi connectivity index (χ3v) is 6.16. The molecule has 1 saturated heterocycles. The fraction of sp³-hybridized carbons (Fsp3) is 0.407. The minimum atomic E-state index is -1.22. The van der Waals surface area contributed by atoms with E-state index < -0.39 is 48.1 Å². The van der Waals surface area contributed by atoms with Crippen molar-refractivity contribution in [2.24, 2.45) is 0 Å². The Labute approximate surface area is 221 Å². The van der Waals surface area contributed by atoms with Crippen molar-refractivity contribution in [2.75, 3.05) is 48.3 Å². The number of ether oxygens (including phenoxy) is 5. The second kappa shape index (κ2) is 13.7. The molecule has 1 aliphatic heterocycles. The number of amides is 1. The van der Waals surface area contributed by atoms with Gasteiger partial charge in [-0.1, -0.05) is 36.4 Å². The van der Waals surface area contributed by atoms with E-state index in [4.69, 9.17) is 23.7 Å². The topological polar surface area (TPSA) is 121 Å². The van der Waals surface area contributed by atoms with Crippen LogP contribution in [0.4, 0.5) is 0 Å². The Hall–Kier alpha value is -3.80. The van der Waals surface area contributed by atoms with Gasteiger partial charge in [0, 0.05) is 20.7 Å². The molecule has 38 heavy (non-hydrogen) atoms. The molecule has 1 fully saturated rings. The first kappa shape index (κ1) is 28.8. The average molecular weight is 529 g/mol. The molecule has 4 atom stereocenters. The van der Waals surface area contributed by atoms with E-state index in [0.717, 1.165) is 0 Å². The first-order valence-electron chi connectivity index (χ1n) is 11.9. The van der Waals surface area contributed by atoms with Crippen molar-refractivity contribution < 1.29 is 42.9 Å². The maximum atomic E-state index is 13.7.